The standard InChI is InChI=1S/C10H7NS/c11-7-8-3-4-9-2-1-5-12-10(9)6-8/h1-4,6H,5H2. The maximum Gasteiger partial charge on any atom is 0.0992 e. The van der Waals surface area contributed by atoms with Crippen LogP contribution in [0.1, 0.15) is 11.1 Å². The fourth-order valence-corrected chi connectivity index (χ4v) is 2.06. The molecule has 1 heterocycles. The summed E-state index contributed by atoms with van der Waals surface area (Å²) in [7, 11) is 0. The molecule has 0 unspecified atom stereocenters. The Hall–Kier alpha value is -1.20. The molecule has 0 aliphatic carbocycles. The van der Waals surface area contributed by atoms with Crippen molar-refractivity contribution in [3.63, 3.8) is 0 Å². The van der Waals surface area contributed by atoms with Gasteiger partial charge in [0.15, 0.2) is 0 Å². The van der Waals surface area contributed by atoms with E-state index in [4.69, 9.17) is 5.26 Å². The molecule has 0 spiro atoms. The van der Waals surface area contributed by atoms with Crippen LogP contribution in [0.25, 0.3) is 6.08 Å². The summed E-state index contributed by atoms with van der Waals surface area (Å²) in [5.41, 5.74) is 1.97. The molecule has 0 bridgehead atoms. The van der Waals surface area contributed by atoms with E-state index in [9.17, 15) is 0 Å². The number of nitriles is 1. The van der Waals surface area contributed by atoms with Gasteiger partial charge in [0.2, 0.25) is 0 Å². The van der Waals surface area contributed by atoms with E-state index < -0.39 is 0 Å². The monoisotopic (exact) mass is 173 g/mol. The van der Waals surface area contributed by atoms with Gasteiger partial charge in [0.1, 0.15) is 0 Å². The quantitative estimate of drug-likeness (QED) is 0.602. The minimum Gasteiger partial charge on any atom is -0.192 e. The van der Waals surface area contributed by atoms with Crippen molar-refractivity contribution in [3.8, 4) is 6.07 Å². The zero-order valence-corrected chi connectivity index (χ0v) is 7.27. The van der Waals surface area contributed by atoms with E-state index in [1.54, 1.807) is 11.8 Å². The fourth-order valence-electron chi connectivity index (χ4n) is 1.18. The molecule has 0 radical (unpaired) electrons. The minimum absolute atomic E-state index is 0.747. The van der Waals surface area contributed by atoms with Crippen molar-refractivity contribution in [2.45, 2.75) is 4.90 Å². The van der Waals surface area contributed by atoms with Crippen molar-refractivity contribution in [1.82, 2.24) is 0 Å². The van der Waals surface area contributed by atoms with E-state index in [0.29, 0.717) is 0 Å². The van der Waals surface area contributed by atoms with Crippen molar-refractivity contribution >= 4 is 17.8 Å². The summed E-state index contributed by atoms with van der Waals surface area (Å²) in [6.45, 7) is 0. The first-order valence-electron chi connectivity index (χ1n) is 3.73. The largest absolute Gasteiger partial charge is 0.192 e. The molecule has 1 aromatic rings. The number of hydrogen-bond donors (Lipinski definition) is 0. The first-order valence-corrected chi connectivity index (χ1v) is 4.72. The Morgan fingerprint density at radius 2 is 2.33 bits per heavy atom. The second-order valence-corrected chi connectivity index (χ2v) is 3.64. The highest BCUT2D eigenvalue weighted by atomic mass is 32.2. The maximum atomic E-state index is 8.66. The summed E-state index contributed by atoms with van der Waals surface area (Å²) in [6.07, 6.45) is 4.24. The zero-order chi connectivity index (χ0) is 8.39. The number of rotatable bonds is 0. The molecule has 1 nitrogen and oxygen atoms in total. The Morgan fingerprint density at radius 1 is 1.42 bits per heavy atom. The molecule has 0 aromatic heterocycles. The summed E-state index contributed by atoms with van der Waals surface area (Å²) in [5.74, 6) is 1.02. The van der Waals surface area contributed by atoms with Crippen LogP contribution in [0.3, 0.4) is 0 Å². The van der Waals surface area contributed by atoms with E-state index in [1.165, 1.54) is 10.5 Å². The smallest absolute Gasteiger partial charge is 0.0992 e. The van der Waals surface area contributed by atoms with E-state index >= 15 is 0 Å². The number of thioether (sulfide) groups is 1. The van der Waals surface area contributed by atoms with Crippen LogP contribution in [0.15, 0.2) is 29.2 Å². The molecule has 12 heavy (non-hydrogen) atoms. The molecular weight excluding hydrogens is 166 g/mol. The minimum atomic E-state index is 0.747. The lowest BCUT2D eigenvalue weighted by molar-refractivity contribution is 1.36. The van der Waals surface area contributed by atoms with Crippen molar-refractivity contribution in [2.24, 2.45) is 0 Å². The van der Waals surface area contributed by atoms with Crippen LogP contribution in [0.4, 0.5) is 0 Å². The Kier molecular flexibility index (Phi) is 1.89. The van der Waals surface area contributed by atoms with Crippen LogP contribution in [-0.4, -0.2) is 5.75 Å². The van der Waals surface area contributed by atoms with E-state index in [-0.39, 0.29) is 0 Å². The number of benzene rings is 1. The van der Waals surface area contributed by atoms with Crippen LogP contribution >= 0.6 is 11.8 Å². The van der Waals surface area contributed by atoms with Crippen LogP contribution in [0, 0.1) is 11.3 Å². The molecule has 1 aliphatic heterocycles. The van der Waals surface area contributed by atoms with E-state index in [0.717, 1.165) is 11.3 Å². The fraction of sp³-hybridized carbons (Fsp3) is 0.100. The second kappa shape index (κ2) is 3.04. The second-order valence-electron chi connectivity index (χ2n) is 2.58. The number of hydrogen-bond acceptors (Lipinski definition) is 2. The van der Waals surface area contributed by atoms with Crippen LogP contribution in [0.2, 0.25) is 0 Å². The molecule has 1 aliphatic rings. The van der Waals surface area contributed by atoms with Crippen LogP contribution in [-0.2, 0) is 0 Å². The van der Waals surface area contributed by atoms with E-state index in [2.05, 4.69) is 18.2 Å². The molecule has 0 atom stereocenters. The Labute approximate surface area is 75.7 Å². The van der Waals surface area contributed by atoms with Crippen LogP contribution < -0.4 is 0 Å². The highest BCUT2D eigenvalue weighted by molar-refractivity contribution is 7.99. The molecule has 0 saturated heterocycles. The van der Waals surface area contributed by atoms with Gasteiger partial charge >= 0.3 is 0 Å². The molecule has 0 N–H and O–H groups in total. The summed E-state index contributed by atoms with van der Waals surface area (Å²) in [4.78, 5) is 1.22. The predicted molar refractivity (Wildman–Crippen MR) is 50.9 cm³/mol. The SMILES string of the molecule is N#Cc1ccc2c(c1)SCC=C2. The molecule has 58 valence electrons. The highest BCUT2D eigenvalue weighted by Crippen LogP contribution is 2.28. The first kappa shape index (κ1) is 7.45. The highest BCUT2D eigenvalue weighted by Gasteiger charge is 2.04. The summed E-state index contributed by atoms with van der Waals surface area (Å²) in [6, 6.07) is 7.94. The molecule has 2 heteroatoms. The zero-order valence-electron chi connectivity index (χ0n) is 6.45. The maximum absolute atomic E-state index is 8.66. The lowest BCUT2D eigenvalue weighted by atomic mass is 10.1. The van der Waals surface area contributed by atoms with Crippen LogP contribution in [0.5, 0.6) is 0 Å². The van der Waals surface area contributed by atoms with Gasteiger partial charge in [-0.3, -0.25) is 0 Å². The number of fused-ring (bicyclic) bond motifs is 1. The van der Waals surface area contributed by atoms with Gasteiger partial charge in [-0.25, -0.2) is 0 Å². The van der Waals surface area contributed by atoms with Gasteiger partial charge in [0, 0.05) is 10.6 Å². The van der Waals surface area contributed by atoms with E-state index in [1.807, 2.05) is 18.2 Å². The topological polar surface area (TPSA) is 23.8 Å². The van der Waals surface area contributed by atoms with Crippen molar-refractivity contribution in [2.75, 3.05) is 5.75 Å². The van der Waals surface area contributed by atoms with Gasteiger partial charge in [-0.15, -0.1) is 11.8 Å². The molecule has 1 aromatic carbocycles. The molecule has 0 amide bonds. The number of nitrogens with zero attached hydrogens (tertiary/aromatic N) is 1. The Bertz CT molecular complexity index is 374. The third-order valence-electron chi connectivity index (χ3n) is 1.78. The Morgan fingerprint density at radius 3 is 3.17 bits per heavy atom. The van der Waals surface area contributed by atoms with Crippen molar-refractivity contribution in [1.29, 1.82) is 5.26 Å². The molecule has 0 saturated carbocycles. The lowest BCUT2D eigenvalue weighted by Gasteiger charge is -2.08. The third-order valence-corrected chi connectivity index (χ3v) is 2.80. The summed E-state index contributed by atoms with van der Waals surface area (Å²) in [5, 5.41) is 8.66. The Balaban J connectivity index is 2.53. The lowest BCUT2D eigenvalue weighted by Crippen LogP contribution is -1.87. The molecular formula is C10H7NS. The average Bonchev–Trinajstić information content (AvgIpc) is 2.17. The van der Waals surface area contributed by atoms with Gasteiger partial charge in [-0.1, -0.05) is 18.2 Å². The molecule has 2 rings (SSSR count). The summed E-state index contributed by atoms with van der Waals surface area (Å²) < 4.78 is 0. The average molecular weight is 173 g/mol. The van der Waals surface area contributed by atoms with Crippen molar-refractivity contribution in [3.05, 3.63) is 35.4 Å². The van der Waals surface area contributed by atoms with Gasteiger partial charge < -0.3 is 0 Å². The van der Waals surface area contributed by atoms with Crippen molar-refractivity contribution < 1.29 is 0 Å². The van der Waals surface area contributed by atoms with Gasteiger partial charge in [-0.2, -0.15) is 5.26 Å². The predicted octanol–water partition coefficient (Wildman–Crippen LogP) is 2.68. The van der Waals surface area contributed by atoms with Gasteiger partial charge in [0.25, 0.3) is 0 Å². The third kappa shape index (κ3) is 1.24. The molecule has 0 fully saturated rings. The van der Waals surface area contributed by atoms with Gasteiger partial charge in [0.05, 0.1) is 11.6 Å². The van der Waals surface area contributed by atoms with Gasteiger partial charge in [-0.05, 0) is 17.7 Å². The summed E-state index contributed by atoms with van der Waals surface area (Å²) >= 11 is 1.78. The normalized spacial score (nSPS) is 13.6. The first-order chi connectivity index (χ1) is 5.90.